The molecule has 24 heavy (non-hydrogen) atoms. The van der Waals surface area contributed by atoms with Crippen molar-refractivity contribution in [1.82, 2.24) is 9.88 Å². The first-order valence-corrected chi connectivity index (χ1v) is 8.61. The molecule has 4 heteroatoms. The summed E-state index contributed by atoms with van der Waals surface area (Å²) in [5.74, 6) is 1.60. The van der Waals surface area contributed by atoms with Gasteiger partial charge < -0.3 is 9.64 Å². The van der Waals surface area contributed by atoms with E-state index in [9.17, 15) is 4.79 Å². The minimum Gasteiger partial charge on any atom is -0.492 e. The predicted molar refractivity (Wildman–Crippen MR) is 94.2 cm³/mol. The van der Waals surface area contributed by atoms with Crippen LogP contribution in [-0.4, -0.2) is 35.5 Å². The lowest BCUT2D eigenvalue weighted by molar-refractivity contribution is 0.0680. The molecule has 1 fully saturated rings. The predicted octanol–water partition coefficient (Wildman–Crippen LogP) is 3.71. The molecule has 0 aliphatic carbocycles. The number of benzene rings is 1. The van der Waals surface area contributed by atoms with Gasteiger partial charge >= 0.3 is 0 Å². The van der Waals surface area contributed by atoms with Crippen LogP contribution in [0.5, 0.6) is 5.75 Å². The molecule has 0 atom stereocenters. The second kappa shape index (κ2) is 7.95. The van der Waals surface area contributed by atoms with Crippen LogP contribution in [0.1, 0.15) is 35.2 Å². The third-order valence-electron chi connectivity index (χ3n) is 4.63. The van der Waals surface area contributed by atoms with Gasteiger partial charge in [0, 0.05) is 24.8 Å². The van der Waals surface area contributed by atoms with Gasteiger partial charge in [0.2, 0.25) is 0 Å². The van der Waals surface area contributed by atoms with Gasteiger partial charge in [0.1, 0.15) is 5.75 Å². The van der Waals surface area contributed by atoms with E-state index in [2.05, 4.69) is 4.98 Å². The molecule has 1 amide bonds. The number of pyridine rings is 1. The average Bonchev–Trinajstić information content (AvgIpc) is 2.63. The van der Waals surface area contributed by atoms with E-state index in [4.69, 9.17) is 4.74 Å². The molecule has 2 heterocycles. The van der Waals surface area contributed by atoms with Gasteiger partial charge in [0.05, 0.1) is 12.8 Å². The zero-order valence-corrected chi connectivity index (χ0v) is 14.1. The number of rotatable bonds is 5. The van der Waals surface area contributed by atoms with E-state index in [1.165, 1.54) is 5.56 Å². The van der Waals surface area contributed by atoms with Gasteiger partial charge in [-0.05, 0) is 56.4 Å². The molecule has 0 N–H and O–H groups in total. The Balaban J connectivity index is 1.42. The quantitative estimate of drug-likeness (QED) is 0.842. The largest absolute Gasteiger partial charge is 0.492 e. The van der Waals surface area contributed by atoms with Crippen molar-refractivity contribution in [3.63, 3.8) is 0 Å². The van der Waals surface area contributed by atoms with Crippen LogP contribution in [0.3, 0.4) is 0 Å². The third kappa shape index (κ3) is 4.34. The molecule has 1 aromatic carbocycles. The van der Waals surface area contributed by atoms with Crippen LogP contribution in [0, 0.1) is 12.8 Å². The SMILES string of the molecule is Cc1ccc(C(=O)N2CCC(CCOc3cccnc3)CC2)cc1. The van der Waals surface area contributed by atoms with Gasteiger partial charge in [-0.2, -0.15) is 0 Å². The monoisotopic (exact) mass is 324 g/mol. The van der Waals surface area contributed by atoms with Gasteiger partial charge in [-0.25, -0.2) is 0 Å². The van der Waals surface area contributed by atoms with Gasteiger partial charge in [-0.3, -0.25) is 9.78 Å². The summed E-state index contributed by atoms with van der Waals surface area (Å²) in [6.07, 6.45) is 6.61. The minimum absolute atomic E-state index is 0.153. The fourth-order valence-electron chi connectivity index (χ4n) is 3.08. The van der Waals surface area contributed by atoms with Crippen LogP contribution in [-0.2, 0) is 0 Å². The van der Waals surface area contributed by atoms with Gasteiger partial charge in [-0.15, -0.1) is 0 Å². The molecule has 1 aromatic heterocycles. The number of carbonyl (C=O) groups is 1. The smallest absolute Gasteiger partial charge is 0.253 e. The number of aryl methyl sites for hydroxylation is 1. The van der Waals surface area contributed by atoms with Crippen molar-refractivity contribution in [1.29, 1.82) is 0 Å². The van der Waals surface area contributed by atoms with Gasteiger partial charge in [0.25, 0.3) is 5.91 Å². The average molecular weight is 324 g/mol. The number of amides is 1. The highest BCUT2D eigenvalue weighted by atomic mass is 16.5. The Kier molecular flexibility index (Phi) is 5.47. The number of ether oxygens (including phenoxy) is 1. The number of likely N-dealkylation sites (tertiary alicyclic amines) is 1. The van der Waals surface area contributed by atoms with E-state index in [-0.39, 0.29) is 5.91 Å². The summed E-state index contributed by atoms with van der Waals surface area (Å²) in [4.78, 5) is 18.5. The summed E-state index contributed by atoms with van der Waals surface area (Å²) in [7, 11) is 0. The zero-order chi connectivity index (χ0) is 16.8. The fourth-order valence-corrected chi connectivity index (χ4v) is 3.08. The second-order valence-electron chi connectivity index (χ2n) is 6.43. The van der Waals surface area contributed by atoms with Crippen molar-refractivity contribution in [3.8, 4) is 5.75 Å². The van der Waals surface area contributed by atoms with Crippen LogP contribution < -0.4 is 4.74 Å². The maximum atomic E-state index is 12.5. The van der Waals surface area contributed by atoms with Gasteiger partial charge in [0.15, 0.2) is 0 Å². The van der Waals surface area contributed by atoms with E-state index >= 15 is 0 Å². The molecule has 0 bridgehead atoms. The summed E-state index contributed by atoms with van der Waals surface area (Å²) < 4.78 is 5.72. The summed E-state index contributed by atoms with van der Waals surface area (Å²) in [5.41, 5.74) is 1.97. The number of piperidine rings is 1. The van der Waals surface area contributed by atoms with Crippen LogP contribution in [0.15, 0.2) is 48.8 Å². The van der Waals surface area contributed by atoms with Crippen molar-refractivity contribution < 1.29 is 9.53 Å². The Morgan fingerprint density at radius 3 is 2.62 bits per heavy atom. The van der Waals surface area contributed by atoms with E-state index in [0.717, 1.165) is 43.7 Å². The Bertz CT molecular complexity index is 647. The lowest BCUT2D eigenvalue weighted by Crippen LogP contribution is -2.38. The molecule has 0 unspecified atom stereocenters. The molecule has 1 saturated heterocycles. The molecule has 4 nitrogen and oxygen atoms in total. The van der Waals surface area contributed by atoms with E-state index in [1.54, 1.807) is 12.4 Å². The van der Waals surface area contributed by atoms with Crippen LogP contribution in [0.25, 0.3) is 0 Å². The Hall–Kier alpha value is -2.36. The number of nitrogens with zero attached hydrogens (tertiary/aromatic N) is 2. The molecule has 1 aliphatic heterocycles. The first-order chi connectivity index (χ1) is 11.7. The standard InChI is InChI=1S/C20H24N2O2/c1-16-4-6-18(7-5-16)20(23)22-12-8-17(9-13-22)10-14-24-19-3-2-11-21-15-19/h2-7,11,15,17H,8-10,12-14H2,1H3. The lowest BCUT2D eigenvalue weighted by Gasteiger charge is -2.32. The molecule has 0 saturated carbocycles. The van der Waals surface area contributed by atoms with E-state index in [0.29, 0.717) is 12.5 Å². The maximum Gasteiger partial charge on any atom is 0.253 e. The minimum atomic E-state index is 0.153. The van der Waals surface area contributed by atoms with E-state index in [1.807, 2.05) is 48.2 Å². The van der Waals surface area contributed by atoms with Crippen LogP contribution >= 0.6 is 0 Å². The number of carbonyl (C=O) groups excluding carboxylic acids is 1. The molecule has 3 rings (SSSR count). The van der Waals surface area contributed by atoms with Crippen molar-refractivity contribution in [3.05, 3.63) is 59.9 Å². The normalized spacial score (nSPS) is 15.3. The first kappa shape index (κ1) is 16.5. The number of aromatic nitrogens is 1. The highest BCUT2D eigenvalue weighted by Gasteiger charge is 2.23. The highest BCUT2D eigenvalue weighted by molar-refractivity contribution is 5.94. The molecule has 1 aliphatic rings. The second-order valence-corrected chi connectivity index (χ2v) is 6.43. The van der Waals surface area contributed by atoms with Crippen LogP contribution in [0.4, 0.5) is 0 Å². The maximum absolute atomic E-state index is 12.5. The number of hydrogen-bond acceptors (Lipinski definition) is 3. The summed E-state index contributed by atoms with van der Waals surface area (Å²) in [6.45, 7) is 4.42. The van der Waals surface area contributed by atoms with E-state index < -0.39 is 0 Å². The molecular formula is C20H24N2O2. The van der Waals surface area contributed by atoms with Crippen LogP contribution in [0.2, 0.25) is 0 Å². The Labute approximate surface area is 143 Å². The molecule has 0 radical (unpaired) electrons. The summed E-state index contributed by atoms with van der Waals surface area (Å²) in [5, 5.41) is 0. The van der Waals surface area contributed by atoms with Crippen molar-refractivity contribution in [2.75, 3.05) is 19.7 Å². The van der Waals surface area contributed by atoms with Crippen molar-refractivity contribution in [2.45, 2.75) is 26.2 Å². The molecule has 126 valence electrons. The topological polar surface area (TPSA) is 42.4 Å². The summed E-state index contributed by atoms with van der Waals surface area (Å²) >= 11 is 0. The Morgan fingerprint density at radius 2 is 1.96 bits per heavy atom. The summed E-state index contributed by atoms with van der Waals surface area (Å²) in [6, 6.07) is 11.6. The van der Waals surface area contributed by atoms with Gasteiger partial charge in [-0.1, -0.05) is 17.7 Å². The molecule has 2 aromatic rings. The zero-order valence-electron chi connectivity index (χ0n) is 14.1. The lowest BCUT2D eigenvalue weighted by atomic mass is 9.93. The third-order valence-corrected chi connectivity index (χ3v) is 4.63. The van der Waals surface area contributed by atoms with Crippen molar-refractivity contribution in [2.24, 2.45) is 5.92 Å². The molecule has 0 spiro atoms. The number of hydrogen-bond donors (Lipinski definition) is 0. The highest BCUT2D eigenvalue weighted by Crippen LogP contribution is 2.22. The van der Waals surface area contributed by atoms with Crippen molar-refractivity contribution >= 4 is 5.91 Å². The fraction of sp³-hybridized carbons (Fsp3) is 0.400. The molecular weight excluding hydrogens is 300 g/mol. The Morgan fingerprint density at radius 1 is 1.21 bits per heavy atom. The first-order valence-electron chi connectivity index (χ1n) is 8.61.